The van der Waals surface area contributed by atoms with Crippen LogP contribution in [0.2, 0.25) is 0 Å². The van der Waals surface area contributed by atoms with E-state index in [1.807, 2.05) is 48.5 Å². The van der Waals surface area contributed by atoms with Crippen LogP contribution in [0.3, 0.4) is 0 Å². The van der Waals surface area contributed by atoms with Crippen LogP contribution in [0.1, 0.15) is 11.3 Å². The maximum atomic E-state index is 13.2. The van der Waals surface area contributed by atoms with E-state index in [4.69, 9.17) is 18.6 Å². The molecule has 0 atom stereocenters. The normalized spacial score (nSPS) is 10.8. The largest absolute Gasteiger partial charge is 0.497 e. The summed E-state index contributed by atoms with van der Waals surface area (Å²) in [7, 11) is 3.22. The number of aryl methyl sites for hydroxylation is 1. The zero-order chi connectivity index (χ0) is 21.1. The smallest absolute Gasteiger partial charge is 0.200 e. The highest BCUT2D eigenvalue weighted by Crippen LogP contribution is 2.32. The number of hydrogen-bond donors (Lipinski definition) is 0. The van der Waals surface area contributed by atoms with Crippen molar-refractivity contribution in [1.82, 2.24) is 0 Å². The third-order valence-corrected chi connectivity index (χ3v) is 4.98. The van der Waals surface area contributed by atoms with E-state index in [0.29, 0.717) is 46.0 Å². The van der Waals surface area contributed by atoms with Gasteiger partial charge in [-0.25, -0.2) is 0 Å². The average Bonchev–Trinajstić information content (AvgIpc) is 2.78. The Morgan fingerprint density at radius 1 is 0.867 bits per heavy atom. The van der Waals surface area contributed by atoms with Crippen molar-refractivity contribution in [2.24, 2.45) is 0 Å². The summed E-state index contributed by atoms with van der Waals surface area (Å²) < 4.78 is 22.5. The molecule has 0 aliphatic carbocycles. The maximum absolute atomic E-state index is 13.2. The van der Waals surface area contributed by atoms with Gasteiger partial charge in [0.1, 0.15) is 35.2 Å². The summed E-state index contributed by atoms with van der Waals surface area (Å²) in [6.45, 7) is 2.19. The van der Waals surface area contributed by atoms with Gasteiger partial charge in [-0.15, -0.1) is 0 Å². The van der Waals surface area contributed by atoms with Crippen molar-refractivity contribution >= 4 is 11.0 Å². The molecule has 0 spiro atoms. The van der Waals surface area contributed by atoms with E-state index in [0.717, 1.165) is 11.3 Å². The molecule has 4 aromatic rings. The Morgan fingerprint density at radius 2 is 1.60 bits per heavy atom. The van der Waals surface area contributed by atoms with Crippen LogP contribution in [-0.2, 0) is 6.61 Å². The minimum Gasteiger partial charge on any atom is -0.497 e. The zero-order valence-corrected chi connectivity index (χ0v) is 17.1. The van der Waals surface area contributed by atoms with Gasteiger partial charge in [-0.3, -0.25) is 4.79 Å². The van der Waals surface area contributed by atoms with Crippen molar-refractivity contribution in [2.75, 3.05) is 14.2 Å². The molecule has 0 aliphatic heterocycles. The molecular weight excluding hydrogens is 380 g/mol. The molecule has 5 nitrogen and oxygen atoms in total. The molecule has 1 heterocycles. The molecule has 0 bridgehead atoms. The number of fused-ring (bicyclic) bond motifs is 1. The zero-order valence-electron chi connectivity index (χ0n) is 17.1. The number of ether oxygens (including phenoxy) is 3. The first kappa shape index (κ1) is 19.6. The molecule has 5 heteroatoms. The highest BCUT2D eigenvalue weighted by molar-refractivity contribution is 5.85. The summed E-state index contributed by atoms with van der Waals surface area (Å²) in [6, 6.07) is 20.4. The van der Waals surface area contributed by atoms with Crippen molar-refractivity contribution in [1.29, 1.82) is 0 Å². The van der Waals surface area contributed by atoms with Crippen LogP contribution >= 0.6 is 0 Å². The second kappa shape index (κ2) is 8.33. The molecule has 1 aromatic heterocycles. The molecule has 152 valence electrons. The Hall–Kier alpha value is -3.73. The van der Waals surface area contributed by atoms with Gasteiger partial charge in [0.15, 0.2) is 0 Å². The lowest BCUT2D eigenvalue weighted by molar-refractivity contribution is 0.306. The topological polar surface area (TPSA) is 57.9 Å². The summed E-state index contributed by atoms with van der Waals surface area (Å²) in [5.41, 5.74) is 2.63. The van der Waals surface area contributed by atoms with Gasteiger partial charge in [0, 0.05) is 11.6 Å². The predicted molar refractivity (Wildman–Crippen MR) is 117 cm³/mol. The Balaban J connectivity index is 1.66. The van der Waals surface area contributed by atoms with Crippen LogP contribution in [0.4, 0.5) is 0 Å². The molecule has 0 aliphatic rings. The second-order valence-electron chi connectivity index (χ2n) is 6.86. The lowest BCUT2D eigenvalue weighted by Gasteiger charge is -2.12. The van der Waals surface area contributed by atoms with Crippen molar-refractivity contribution in [3.8, 4) is 28.4 Å². The van der Waals surface area contributed by atoms with Crippen LogP contribution in [0, 0.1) is 6.92 Å². The van der Waals surface area contributed by atoms with Crippen LogP contribution < -0.4 is 19.6 Å². The Bertz CT molecular complexity index is 1240. The molecule has 0 radical (unpaired) electrons. The third-order valence-electron chi connectivity index (χ3n) is 4.98. The van der Waals surface area contributed by atoms with Crippen LogP contribution in [-0.4, -0.2) is 14.2 Å². The molecule has 30 heavy (non-hydrogen) atoms. The lowest BCUT2D eigenvalue weighted by atomic mass is 10.0. The van der Waals surface area contributed by atoms with Gasteiger partial charge in [0.25, 0.3) is 0 Å². The van der Waals surface area contributed by atoms with E-state index in [-0.39, 0.29) is 5.43 Å². The summed E-state index contributed by atoms with van der Waals surface area (Å²) in [5, 5.41) is 0.498. The summed E-state index contributed by atoms with van der Waals surface area (Å²) in [6.07, 6.45) is 0. The van der Waals surface area contributed by atoms with Gasteiger partial charge in [0.2, 0.25) is 5.43 Å². The maximum Gasteiger partial charge on any atom is 0.200 e. The average molecular weight is 402 g/mol. The van der Waals surface area contributed by atoms with Crippen LogP contribution in [0.5, 0.6) is 17.2 Å². The Labute approximate surface area is 174 Å². The Kier molecular flexibility index (Phi) is 5.44. The molecule has 0 N–H and O–H groups in total. The fraction of sp³-hybridized carbons (Fsp3) is 0.160. The standard InChI is InChI=1S/C25H22O5/c1-16-24(20-6-4-5-7-22(20)28-3)25(26)21-13-12-19(14-23(21)30-16)29-15-17-8-10-18(27-2)11-9-17/h4-14H,15H2,1-3H3. The van der Waals surface area contributed by atoms with Gasteiger partial charge >= 0.3 is 0 Å². The first-order chi connectivity index (χ1) is 14.6. The van der Waals surface area contributed by atoms with Crippen LogP contribution in [0.15, 0.2) is 75.9 Å². The first-order valence-corrected chi connectivity index (χ1v) is 9.57. The quantitative estimate of drug-likeness (QED) is 0.434. The molecule has 0 amide bonds. The van der Waals surface area contributed by atoms with E-state index < -0.39 is 0 Å². The van der Waals surface area contributed by atoms with Crippen LogP contribution in [0.25, 0.3) is 22.1 Å². The van der Waals surface area contributed by atoms with Gasteiger partial charge in [-0.2, -0.15) is 0 Å². The predicted octanol–water partition coefficient (Wildman–Crippen LogP) is 5.36. The number of hydrogen-bond acceptors (Lipinski definition) is 5. The van der Waals surface area contributed by atoms with Gasteiger partial charge in [0.05, 0.1) is 25.2 Å². The first-order valence-electron chi connectivity index (χ1n) is 9.57. The van der Waals surface area contributed by atoms with Crippen molar-refractivity contribution in [3.63, 3.8) is 0 Å². The summed E-state index contributed by atoms with van der Waals surface area (Å²) >= 11 is 0. The SMILES string of the molecule is COc1ccc(COc2ccc3c(=O)c(-c4ccccc4OC)c(C)oc3c2)cc1. The Morgan fingerprint density at radius 3 is 2.33 bits per heavy atom. The van der Waals surface area contributed by atoms with E-state index >= 15 is 0 Å². The fourth-order valence-electron chi connectivity index (χ4n) is 3.43. The monoisotopic (exact) mass is 402 g/mol. The number of benzene rings is 3. The summed E-state index contributed by atoms with van der Waals surface area (Å²) in [4.78, 5) is 13.2. The highest BCUT2D eigenvalue weighted by atomic mass is 16.5. The minimum atomic E-state index is -0.0973. The molecule has 0 unspecified atom stereocenters. The molecule has 4 rings (SSSR count). The van der Waals surface area contributed by atoms with Gasteiger partial charge < -0.3 is 18.6 Å². The van der Waals surface area contributed by atoms with E-state index in [1.54, 1.807) is 39.3 Å². The van der Waals surface area contributed by atoms with Crippen molar-refractivity contribution in [3.05, 3.63) is 88.3 Å². The number of para-hydroxylation sites is 1. The lowest BCUT2D eigenvalue weighted by Crippen LogP contribution is -2.08. The van der Waals surface area contributed by atoms with E-state index in [9.17, 15) is 4.79 Å². The molecule has 0 fully saturated rings. The number of methoxy groups -OCH3 is 2. The van der Waals surface area contributed by atoms with Gasteiger partial charge in [-0.1, -0.05) is 30.3 Å². The van der Waals surface area contributed by atoms with E-state index in [1.165, 1.54) is 0 Å². The van der Waals surface area contributed by atoms with Gasteiger partial charge in [-0.05, 0) is 42.8 Å². The second-order valence-corrected chi connectivity index (χ2v) is 6.86. The molecule has 0 saturated carbocycles. The molecule has 0 saturated heterocycles. The fourth-order valence-corrected chi connectivity index (χ4v) is 3.43. The number of rotatable bonds is 6. The molecular formula is C25H22O5. The summed E-state index contributed by atoms with van der Waals surface area (Å²) in [5.74, 6) is 2.59. The highest BCUT2D eigenvalue weighted by Gasteiger charge is 2.17. The van der Waals surface area contributed by atoms with Crippen molar-refractivity contribution < 1.29 is 18.6 Å². The minimum absolute atomic E-state index is 0.0973. The van der Waals surface area contributed by atoms with Crippen molar-refractivity contribution in [2.45, 2.75) is 13.5 Å². The molecule has 3 aromatic carbocycles. The third kappa shape index (κ3) is 3.74. The van der Waals surface area contributed by atoms with E-state index in [2.05, 4.69) is 0 Å².